The first-order valence-electron chi connectivity index (χ1n) is 6.71. The minimum absolute atomic E-state index is 0.00479. The molecule has 0 radical (unpaired) electrons. The van der Waals surface area contributed by atoms with Gasteiger partial charge < -0.3 is 15.5 Å². The van der Waals surface area contributed by atoms with Crippen LogP contribution in [0.3, 0.4) is 0 Å². The predicted molar refractivity (Wildman–Crippen MR) is 75.8 cm³/mol. The molecule has 2 heterocycles. The molecule has 0 amide bonds. The van der Waals surface area contributed by atoms with E-state index >= 15 is 0 Å². The first-order chi connectivity index (χ1) is 8.58. The van der Waals surface area contributed by atoms with Gasteiger partial charge in [0.15, 0.2) is 0 Å². The molecule has 0 aromatic carbocycles. The van der Waals surface area contributed by atoms with Crippen LogP contribution >= 0.6 is 0 Å². The molecule has 4 heteroatoms. The summed E-state index contributed by atoms with van der Waals surface area (Å²) in [6.07, 6.45) is 4.47. The number of pyridine rings is 1. The zero-order chi connectivity index (χ0) is 13.1. The minimum Gasteiger partial charge on any atom is -0.369 e. The van der Waals surface area contributed by atoms with Gasteiger partial charge in [-0.2, -0.15) is 0 Å². The van der Waals surface area contributed by atoms with Gasteiger partial charge in [-0.05, 0) is 45.5 Å². The summed E-state index contributed by atoms with van der Waals surface area (Å²) in [5, 5.41) is 0. The van der Waals surface area contributed by atoms with Crippen LogP contribution in [0.4, 0.5) is 5.69 Å². The Bertz CT molecular complexity index is 374. The third kappa shape index (κ3) is 3.00. The van der Waals surface area contributed by atoms with Crippen molar-refractivity contribution in [1.29, 1.82) is 0 Å². The van der Waals surface area contributed by atoms with Crippen molar-refractivity contribution < 1.29 is 0 Å². The van der Waals surface area contributed by atoms with Crippen LogP contribution in [0.5, 0.6) is 0 Å². The largest absolute Gasteiger partial charge is 0.369 e. The quantitative estimate of drug-likeness (QED) is 0.883. The fraction of sp³-hybridized carbons (Fsp3) is 0.643. The number of nitrogens with two attached hydrogens (primary N) is 1. The standard InChI is InChI=1S/C14H24N4/c1-11(15)14-7-6-12(9-16-14)18(3)13-5-4-8-17(2)10-13/h6-7,9,11,13H,4-5,8,10,15H2,1-3H3. The molecular formula is C14H24N4. The van der Waals surface area contributed by atoms with E-state index in [2.05, 4.69) is 34.9 Å². The SMILES string of the molecule is CC(N)c1ccc(N(C)C2CCCN(C)C2)cn1. The molecule has 18 heavy (non-hydrogen) atoms. The molecule has 4 nitrogen and oxygen atoms in total. The lowest BCUT2D eigenvalue weighted by atomic mass is 10.0. The van der Waals surface area contributed by atoms with E-state index in [0.29, 0.717) is 6.04 Å². The zero-order valence-electron chi connectivity index (χ0n) is 11.6. The second kappa shape index (κ2) is 5.67. The van der Waals surface area contributed by atoms with E-state index in [1.54, 1.807) is 0 Å². The lowest BCUT2D eigenvalue weighted by Gasteiger charge is -2.37. The minimum atomic E-state index is 0.00479. The van der Waals surface area contributed by atoms with Crippen LogP contribution in [0, 0.1) is 0 Å². The second-order valence-electron chi connectivity index (χ2n) is 5.40. The van der Waals surface area contributed by atoms with Crippen LogP contribution in [-0.2, 0) is 0 Å². The smallest absolute Gasteiger partial charge is 0.0569 e. The first kappa shape index (κ1) is 13.3. The van der Waals surface area contributed by atoms with Crippen molar-refractivity contribution in [1.82, 2.24) is 9.88 Å². The molecule has 2 rings (SSSR count). The summed E-state index contributed by atoms with van der Waals surface area (Å²) < 4.78 is 0. The van der Waals surface area contributed by atoms with Crippen LogP contribution in [0.1, 0.15) is 31.5 Å². The molecule has 2 N–H and O–H groups in total. The monoisotopic (exact) mass is 248 g/mol. The Morgan fingerprint density at radius 1 is 1.50 bits per heavy atom. The summed E-state index contributed by atoms with van der Waals surface area (Å²) >= 11 is 0. The van der Waals surface area contributed by atoms with Gasteiger partial charge >= 0.3 is 0 Å². The van der Waals surface area contributed by atoms with Crippen LogP contribution < -0.4 is 10.6 Å². The molecule has 1 fully saturated rings. The third-order valence-corrected chi connectivity index (χ3v) is 3.79. The average molecular weight is 248 g/mol. The molecule has 100 valence electrons. The summed E-state index contributed by atoms with van der Waals surface area (Å²) in [5.74, 6) is 0. The number of likely N-dealkylation sites (N-methyl/N-ethyl adjacent to an activating group) is 2. The van der Waals surface area contributed by atoms with E-state index < -0.39 is 0 Å². The molecule has 0 bridgehead atoms. The van der Waals surface area contributed by atoms with E-state index in [1.807, 2.05) is 19.2 Å². The van der Waals surface area contributed by atoms with E-state index in [0.717, 1.165) is 12.2 Å². The molecular weight excluding hydrogens is 224 g/mol. The molecule has 1 saturated heterocycles. The maximum Gasteiger partial charge on any atom is 0.0569 e. The van der Waals surface area contributed by atoms with Gasteiger partial charge in [0.1, 0.15) is 0 Å². The molecule has 2 unspecified atom stereocenters. The molecule has 1 aliphatic heterocycles. The Hall–Kier alpha value is -1.13. The summed E-state index contributed by atoms with van der Waals surface area (Å²) in [4.78, 5) is 9.17. The van der Waals surface area contributed by atoms with Crippen LogP contribution in [0.2, 0.25) is 0 Å². The predicted octanol–water partition coefficient (Wildman–Crippen LogP) is 1.63. The molecule has 1 aromatic heterocycles. The highest BCUT2D eigenvalue weighted by Crippen LogP contribution is 2.21. The van der Waals surface area contributed by atoms with Crippen LogP contribution in [0.25, 0.3) is 0 Å². The van der Waals surface area contributed by atoms with Crippen molar-refractivity contribution in [3.8, 4) is 0 Å². The first-order valence-corrected chi connectivity index (χ1v) is 6.71. The summed E-state index contributed by atoms with van der Waals surface area (Å²) in [5.41, 5.74) is 7.95. The van der Waals surface area contributed by atoms with E-state index in [-0.39, 0.29) is 6.04 Å². The van der Waals surface area contributed by atoms with Gasteiger partial charge in [0.25, 0.3) is 0 Å². The van der Waals surface area contributed by atoms with Gasteiger partial charge in [0.05, 0.1) is 17.6 Å². The topological polar surface area (TPSA) is 45.4 Å². The van der Waals surface area contributed by atoms with Gasteiger partial charge in [-0.3, -0.25) is 4.98 Å². The third-order valence-electron chi connectivity index (χ3n) is 3.79. The summed E-state index contributed by atoms with van der Waals surface area (Å²) in [7, 11) is 4.35. The molecule has 0 saturated carbocycles. The van der Waals surface area contributed by atoms with Crippen molar-refractivity contribution in [2.75, 3.05) is 32.1 Å². The maximum absolute atomic E-state index is 5.82. The Morgan fingerprint density at radius 2 is 2.28 bits per heavy atom. The zero-order valence-corrected chi connectivity index (χ0v) is 11.6. The van der Waals surface area contributed by atoms with Gasteiger partial charge in [-0.25, -0.2) is 0 Å². The number of nitrogens with zero attached hydrogens (tertiary/aromatic N) is 3. The molecule has 2 atom stereocenters. The highest BCUT2D eigenvalue weighted by molar-refractivity contribution is 5.45. The number of likely N-dealkylation sites (tertiary alicyclic amines) is 1. The second-order valence-corrected chi connectivity index (χ2v) is 5.40. The lowest BCUT2D eigenvalue weighted by Crippen LogP contribution is -2.45. The fourth-order valence-electron chi connectivity index (χ4n) is 2.54. The van der Waals surface area contributed by atoms with Crippen LogP contribution in [-0.4, -0.2) is 43.1 Å². The van der Waals surface area contributed by atoms with Crippen molar-refractivity contribution >= 4 is 5.69 Å². The van der Waals surface area contributed by atoms with Crippen LogP contribution in [0.15, 0.2) is 18.3 Å². The van der Waals surface area contributed by atoms with Gasteiger partial charge in [0.2, 0.25) is 0 Å². The van der Waals surface area contributed by atoms with Crippen molar-refractivity contribution in [3.05, 3.63) is 24.0 Å². The molecule has 1 aromatic rings. The average Bonchev–Trinajstić information content (AvgIpc) is 2.38. The summed E-state index contributed by atoms with van der Waals surface area (Å²) in [6, 6.07) is 4.75. The number of hydrogen-bond acceptors (Lipinski definition) is 4. The van der Waals surface area contributed by atoms with Crippen molar-refractivity contribution in [2.45, 2.75) is 31.8 Å². The Balaban J connectivity index is 2.05. The molecule has 0 spiro atoms. The molecule has 0 aliphatic carbocycles. The number of hydrogen-bond donors (Lipinski definition) is 1. The number of anilines is 1. The van der Waals surface area contributed by atoms with E-state index in [4.69, 9.17) is 5.73 Å². The highest BCUT2D eigenvalue weighted by atomic mass is 15.2. The van der Waals surface area contributed by atoms with E-state index in [9.17, 15) is 0 Å². The van der Waals surface area contributed by atoms with Gasteiger partial charge in [0, 0.05) is 25.7 Å². The number of aromatic nitrogens is 1. The Labute approximate surface area is 110 Å². The van der Waals surface area contributed by atoms with Gasteiger partial charge in [-0.1, -0.05) is 0 Å². The van der Waals surface area contributed by atoms with Crippen molar-refractivity contribution in [2.24, 2.45) is 5.73 Å². The fourth-order valence-corrected chi connectivity index (χ4v) is 2.54. The Kier molecular flexibility index (Phi) is 4.19. The Morgan fingerprint density at radius 3 is 2.83 bits per heavy atom. The summed E-state index contributed by atoms with van der Waals surface area (Å²) in [6.45, 7) is 4.31. The normalized spacial score (nSPS) is 22.8. The lowest BCUT2D eigenvalue weighted by molar-refractivity contribution is 0.248. The number of piperidine rings is 1. The van der Waals surface area contributed by atoms with E-state index in [1.165, 1.54) is 25.1 Å². The number of rotatable bonds is 3. The maximum atomic E-state index is 5.82. The van der Waals surface area contributed by atoms with Crippen molar-refractivity contribution in [3.63, 3.8) is 0 Å². The molecule has 1 aliphatic rings. The van der Waals surface area contributed by atoms with Gasteiger partial charge in [-0.15, -0.1) is 0 Å². The highest BCUT2D eigenvalue weighted by Gasteiger charge is 2.21.